The maximum absolute atomic E-state index is 12.0. The maximum atomic E-state index is 12.0. The molecule has 0 aliphatic carbocycles. The molecular weight excluding hydrogens is 228 g/mol. The van der Waals surface area contributed by atoms with Gasteiger partial charge >= 0.3 is 0 Å². The largest absolute Gasteiger partial charge is 0.349 e. The molecule has 0 saturated heterocycles. The third-order valence-corrected chi connectivity index (χ3v) is 2.82. The molecule has 0 spiro atoms. The van der Waals surface area contributed by atoms with E-state index in [4.69, 9.17) is 5.73 Å². The normalized spacial score (nSPS) is 12.8. The van der Waals surface area contributed by atoms with Crippen LogP contribution in [0.3, 0.4) is 0 Å². The van der Waals surface area contributed by atoms with E-state index in [0.717, 1.165) is 18.5 Å². The van der Waals surface area contributed by atoms with Gasteiger partial charge in [0, 0.05) is 19.6 Å². The Morgan fingerprint density at radius 2 is 2.22 bits per heavy atom. The molecule has 1 heterocycles. The standard InChI is InChI=1S/C13H24N4O/c1-5-11-7-12(17(4)16-11)13(18)15-8-10(14)6-9(2)3/h7,9-10H,5-6,8,14H2,1-4H3,(H,15,18). The molecule has 0 radical (unpaired) electrons. The SMILES string of the molecule is CCc1cc(C(=O)NCC(N)CC(C)C)n(C)n1. The minimum Gasteiger partial charge on any atom is -0.349 e. The zero-order chi connectivity index (χ0) is 13.7. The van der Waals surface area contributed by atoms with Crippen LogP contribution in [0.25, 0.3) is 0 Å². The van der Waals surface area contributed by atoms with E-state index in [2.05, 4.69) is 24.3 Å². The summed E-state index contributed by atoms with van der Waals surface area (Å²) < 4.78 is 1.61. The van der Waals surface area contributed by atoms with Gasteiger partial charge in [-0.1, -0.05) is 20.8 Å². The fraction of sp³-hybridized carbons (Fsp3) is 0.692. The van der Waals surface area contributed by atoms with Crippen molar-refractivity contribution in [3.63, 3.8) is 0 Å². The van der Waals surface area contributed by atoms with Crippen LogP contribution < -0.4 is 11.1 Å². The molecule has 0 bridgehead atoms. The van der Waals surface area contributed by atoms with Crippen molar-refractivity contribution < 1.29 is 4.79 Å². The van der Waals surface area contributed by atoms with Crippen molar-refractivity contribution in [1.82, 2.24) is 15.1 Å². The Kier molecular flexibility index (Phi) is 5.34. The Bertz CT molecular complexity index is 398. The first-order valence-electron chi connectivity index (χ1n) is 6.50. The van der Waals surface area contributed by atoms with Gasteiger partial charge in [0.15, 0.2) is 0 Å². The summed E-state index contributed by atoms with van der Waals surface area (Å²) >= 11 is 0. The number of amides is 1. The van der Waals surface area contributed by atoms with E-state index in [1.807, 2.05) is 13.0 Å². The Balaban J connectivity index is 2.52. The predicted octanol–water partition coefficient (Wildman–Crippen LogP) is 1.09. The average Bonchev–Trinajstić information content (AvgIpc) is 2.66. The molecule has 5 nitrogen and oxygen atoms in total. The van der Waals surface area contributed by atoms with Gasteiger partial charge in [-0.3, -0.25) is 9.48 Å². The summed E-state index contributed by atoms with van der Waals surface area (Å²) in [6.45, 7) is 6.76. The summed E-state index contributed by atoms with van der Waals surface area (Å²) in [4.78, 5) is 12.0. The van der Waals surface area contributed by atoms with E-state index >= 15 is 0 Å². The Labute approximate surface area is 109 Å². The fourth-order valence-corrected chi connectivity index (χ4v) is 1.92. The molecule has 0 aliphatic rings. The van der Waals surface area contributed by atoms with E-state index < -0.39 is 0 Å². The van der Waals surface area contributed by atoms with Crippen molar-refractivity contribution in [2.24, 2.45) is 18.7 Å². The van der Waals surface area contributed by atoms with Crippen LogP contribution in [0.15, 0.2) is 6.07 Å². The van der Waals surface area contributed by atoms with E-state index in [1.54, 1.807) is 11.7 Å². The smallest absolute Gasteiger partial charge is 0.269 e. The maximum Gasteiger partial charge on any atom is 0.269 e. The molecule has 1 atom stereocenters. The Morgan fingerprint density at radius 1 is 1.56 bits per heavy atom. The molecule has 1 aromatic rings. The number of carbonyl (C=O) groups excluding carboxylic acids is 1. The first-order valence-corrected chi connectivity index (χ1v) is 6.50. The number of rotatable bonds is 6. The molecule has 0 fully saturated rings. The molecule has 0 saturated carbocycles. The lowest BCUT2D eigenvalue weighted by atomic mass is 10.0. The van der Waals surface area contributed by atoms with Crippen molar-refractivity contribution in [1.29, 1.82) is 0 Å². The van der Waals surface area contributed by atoms with Crippen LogP contribution in [-0.2, 0) is 13.5 Å². The van der Waals surface area contributed by atoms with Crippen molar-refractivity contribution >= 4 is 5.91 Å². The van der Waals surface area contributed by atoms with Gasteiger partial charge in [0.05, 0.1) is 5.69 Å². The third-order valence-electron chi connectivity index (χ3n) is 2.82. The highest BCUT2D eigenvalue weighted by Gasteiger charge is 2.13. The average molecular weight is 252 g/mol. The number of nitrogens with one attached hydrogen (secondary N) is 1. The van der Waals surface area contributed by atoms with Gasteiger partial charge in [-0.2, -0.15) is 5.10 Å². The second-order valence-electron chi connectivity index (χ2n) is 5.10. The molecule has 102 valence electrons. The van der Waals surface area contributed by atoms with Crippen molar-refractivity contribution in [2.75, 3.05) is 6.54 Å². The highest BCUT2D eigenvalue weighted by Crippen LogP contribution is 2.05. The zero-order valence-corrected chi connectivity index (χ0v) is 11.7. The van der Waals surface area contributed by atoms with Crippen LogP contribution in [0.1, 0.15) is 43.4 Å². The lowest BCUT2D eigenvalue weighted by Crippen LogP contribution is -2.38. The number of aromatic nitrogens is 2. The molecule has 18 heavy (non-hydrogen) atoms. The van der Waals surface area contributed by atoms with E-state index in [0.29, 0.717) is 18.2 Å². The Hall–Kier alpha value is -1.36. The highest BCUT2D eigenvalue weighted by molar-refractivity contribution is 5.92. The van der Waals surface area contributed by atoms with Crippen LogP contribution in [-0.4, -0.2) is 28.3 Å². The van der Waals surface area contributed by atoms with Gasteiger partial charge in [-0.05, 0) is 24.8 Å². The predicted molar refractivity (Wildman–Crippen MR) is 72.3 cm³/mol. The molecule has 1 unspecified atom stereocenters. The summed E-state index contributed by atoms with van der Waals surface area (Å²) in [6.07, 6.45) is 1.74. The number of carbonyl (C=O) groups is 1. The first kappa shape index (κ1) is 14.7. The van der Waals surface area contributed by atoms with Gasteiger partial charge < -0.3 is 11.1 Å². The molecule has 1 amide bonds. The van der Waals surface area contributed by atoms with Gasteiger partial charge in [0.2, 0.25) is 0 Å². The number of hydrogen-bond acceptors (Lipinski definition) is 3. The molecule has 0 aliphatic heterocycles. The molecule has 0 aromatic carbocycles. The zero-order valence-electron chi connectivity index (χ0n) is 11.7. The van der Waals surface area contributed by atoms with Gasteiger partial charge in [0.1, 0.15) is 5.69 Å². The second kappa shape index (κ2) is 6.54. The summed E-state index contributed by atoms with van der Waals surface area (Å²) in [6, 6.07) is 1.83. The molecular formula is C13H24N4O. The summed E-state index contributed by atoms with van der Waals surface area (Å²) in [5.41, 5.74) is 7.45. The van der Waals surface area contributed by atoms with Crippen LogP contribution in [0.5, 0.6) is 0 Å². The summed E-state index contributed by atoms with van der Waals surface area (Å²) in [5.74, 6) is 0.434. The van der Waals surface area contributed by atoms with Crippen LogP contribution in [0.2, 0.25) is 0 Å². The molecule has 5 heteroatoms. The number of hydrogen-bond donors (Lipinski definition) is 2. The van der Waals surface area contributed by atoms with Gasteiger partial charge in [0.25, 0.3) is 5.91 Å². The van der Waals surface area contributed by atoms with Crippen LogP contribution >= 0.6 is 0 Å². The number of nitrogens with zero attached hydrogens (tertiary/aromatic N) is 2. The molecule has 3 N–H and O–H groups in total. The van der Waals surface area contributed by atoms with Crippen molar-refractivity contribution in [2.45, 2.75) is 39.7 Å². The topological polar surface area (TPSA) is 72.9 Å². The number of nitrogens with two attached hydrogens (primary N) is 1. The molecule has 1 rings (SSSR count). The molecule has 1 aromatic heterocycles. The summed E-state index contributed by atoms with van der Waals surface area (Å²) in [5, 5.41) is 7.11. The van der Waals surface area contributed by atoms with Crippen LogP contribution in [0, 0.1) is 5.92 Å². The monoisotopic (exact) mass is 252 g/mol. The minimum absolute atomic E-state index is 0.00724. The minimum atomic E-state index is -0.107. The fourth-order valence-electron chi connectivity index (χ4n) is 1.92. The van der Waals surface area contributed by atoms with E-state index in [9.17, 15) is 4.79 Å². The van der Waals surface area contributed by atoms with Crippen molar-refractivity contribution in [3.8, 4) is 0 Å². The summed E-state index contributed by atoms with van der Waals surface area (Å²) in [7, 11) is 1.78. The lowest BCUT2D eigenvalue weighted by molar-refractivity contribution is 0.0940. The third kappa shape index (κ3) is 4.14. The van der Waals surface area contributed by atoms with E-state index in [1.165, 1.54) is 0 Å². The van der Waals surface area contributed by atoms with Crippen LogP contribution in [0.4, 0.5) is 0 Å². The lowest BCUT2D eigenvalue weighted by Gasteiger charge is -2.14. The van der Waals surface area contributed by atoms with E-state index in [-0.39, 0.29) is 11.9 Å². The highest BCUT2D eigenvalue weighted by atomic mass is 16.2. The number of aryl methyl sites for hydroxylation is 2. The van der Waals surface area contributed by atoms with Crippen molar-refractivity contribution in [3.05, 3.63) is 17.5 Å². The second-order valence-corrected chi connectivity index (χ2v) is 5.10. The van der Waals surface area contributed by atoms with Gasteiger partial charge in [-0.15, -0.1) is 0 Å². The Morgan fingerprint density at radius 3 is 2.72 bits per heavy atom. The first-order chi connectivity index (χ1) is 8.43. The quantitative estimate of drug-likeness (QED) is 0.796. The van der Waals surface area contributed by atoms with Gasteiger partial charge in [-0.25, -0.2) is 0 Å².